The summed E-state index contributed by atoms with van der Waals surface area (Å²) in [5, 5.41) is 4.32. The first-order valence-electron chi connectivity index (χ1n) is 14.3. The summed E-state index contributed by atoms with van der Waals surface area (Å²) in [6.45, 7) is 18.8. The Kier molecular flexibility index (Phi) is 11.9. The zero-order chi connectivity index (χ0) is 31.2. The first-order chi connectivity index (χ1) is 18.9. The number of nitrogens with one attached hydrogen (secondary N) is 2. The van der Waals surface area contributed by atoms with Crippen molar-refractivity contribution in [3.8, 4) is 5.75 Å². The second-order valence-electron chi connectivity index (χ2n) is 12.8. The van der Waals surface area contributed by atoms with Crippen LogP contribution in [0.1, 0.15) is 99.1 Å². The number of hydrogen-bond acceptors (Lipinski definition) is 4. The molecule has 0 saturated carbocycles. The molecule has 41 heavy (non-hydrogen) atoms. The monoisotopic (exact) mass is 604 g/mol. The number of rotatable bonds is 13. The maximum absolute atomic E-state index is 12.7. The van der Waals surface area contributed by atoms with Crippen molar-refractivity contribution >= 4 is 52.2 Å². The van der Waals surface area contributed by atoms with Crippen molar-refractivity contribution in [2.24, 2.45) is 5.41 Å². The normalized spacial score (nSPS) is 13.0. The highest BCUT2D eigenvalue weighted by molar-refractivity contribution is 6.44. The van der Waals surface area contributed by atoms with Gasteiger partial charge in [0.2, 0.25) is 11.8 Å². The molecule has 0 saturated heterocycles. The fourth-order valence-electron chi connectivity index (χ4n) is 4.03. The predicted octanol–water partition coefficient (Wildman–Crippen LogP) is 8.67. The smallest absolute Gasteiger partial charge is 0.250 e. The number of anilines is 2. The van der Waals surface area contributed by atoms with E-state index >= 15 is 0 Å². The average Bonchev–Trinajstić information content (AvgIpc) is 2.91. The van der Waals surface area contributed by atoms with Crippen LogP contribution in [0.25, 0.3) is 0 Å². The molecule has 0 fully saturated rings. The van der Waals surface area contributed by atoms with Crippen LogP contribution in [-0.4, -0.2) is 29.6 Å². The van der Waals surface area contributed by atoms with Crippen LogP contribution < -0.4 is 15.4 Å². The highest BCUT2D eigenvalue weighted by Crippen LogP contribution is 2.38. The van der Waals surface area contributed by atoms with Gasteiger partial charge in [-0.2, -0.15) is 0 Å². The summed E-state index contributed by atoms with van der Waals surface area (Å²) in [7, 11) is 0. The van der Waals surface area contributed by atoms with Gasteiger partial charge in [0, 0.05) is 23.1 Å². The highest BCUT2D eigenvalue weighted by Gasteiger charge is 2.33. The molecule has 2 amide bonds. The Balaban J connectivity index is 2.01. The lowest BCUT2D eigenvalue weighted by Gasteiger charge is -2.30. The largest absolute Gasteiger partial charge is 0.493 e. The Morgan fingerprint density at radius 3 is 2.10 bits per heavy atom. The van der Waals surface area contributed by atoms with Crippen molar-refractivity contribution in [1.82, 2.24) is 0 Å². The van der Waals surface area contributed by atoms with Crippen molar-refractivity contribution in [1.29, 1.82) is 0 Å². The van der Waals surface area contributed by atoms with Crippen molar-refractivity contribution < 1.29 is 19.1 Å². The van der Waals surface area contributed by atoms with Crippen LogP contribution in [0, 0.1) is 5.41 Å². The first kappa shape index (κ1) is 34.6. The van der Waals surface area contributed by atoms with Crippen LogP contribution >= 0.6 is 23.2 Å². The molecule has 0 bridgehead atoms. The Labute approximate surface area is 255 Å². The maximum Gasteiger partial charge on any atom is 0.250 e. The Morgan fingerprint density at radius 1 is 0.878 bits per heavy atom. The minimum atomic E-state index is -1.36. The minimum absolute atomic E-state index is 0.0439. The van der Waals surface area contributed by atoms with E-state index in [2.05, 4.69) is 70.4 Å². The van der Waals surface area contributed by atoms with Crippen molar-refractivity contribution in [3.05, 3.63) is 52.5 Å². The van der Waals surface area contributed by atoms with E-state index in [-0.39, 0.29) is 33.9 Å². The van der Waals surface area contributed by atoms with Gasteiger partial charge >= 0.3 is 0 Å². The molecule has 0 aliphatic rings. The predicted molar refractivity (Wildman–Crippen MR) is 171 cm³/mol. The first-order valence-corrected chi connectivity index (χ1v) is 15.1. The van der Waals surface area contributed by atoms with Crippen LogP contribution in [0.2, 0.25) is 5.02 Å². The van der Waals surface area contributed by atoms with Crippen LogP contribution in [0.4, 0.5) is 11.4 Å². The van der Waals surface area contributed by atoms with Crippen molar-refractivity contribution in [3.63, 3.8) is 0 Å². The topological polar surface area (TPSA) is 84.5 Å². The molecule has 0 unspecified atom stereocenters. The highest BCUT2D eigenvalue weighted by atomic mass is 35.5. The lowest BCUT2D eigenvalue weighted by atomic mass is 9.76. The van der Waals surface area contributed by atoms with Gasteiger partial charge in [0.1, 0.15) is 5.75 Å². The summed E-state index contributed by atoms with van der Waals surface area (Å²) in [5.41, 5.74) is 2.46. The number of Topliss-reactive ketones (excluding diaryl/α,β-unsaturated/α-hetero) is 1. The van der Waals surface area contributed by atoms with Gasteiger partial charge in [-0.05, 0) is 59.9 Å². The van der Waals surface area contributed by atoms with E-state index in [1.807, 2.05) is 0 Å². The molecule has 0 heterocycles. The molecule has 0 spiro atoms. The molecule has 0 aliphatic heterocycles. The SMILES string of the molecule is CCC(C)(C)c1ccc(OCCCC(=O)Nc2ccc(Cl)c(NC(=O)[C@@H](Cl)C(=O)C(C)(C)C)c2)c(C(C)(C)CC)c1. The number of benzene rings is 2. The van der Waals surface area contributed by atoms with Gasteiger partial charge in [0.25, 0.3) is 0 Å². The number of carbonyl (C=O) groups excluding carboxylic acids is 3. The van der Waals surface area contributed by atoms with Crippen LogP contribution in [0.5, 0.6) is 5.75 Å². The molecular weight excluding hydrogens is 559 g/mol. The fraction of sp³-hybridized carbons (Fsp3) is 0.545. The molecule has 8 heteroatoms. The third-order valence-electron chi connectivity index (χ3n) is 7.77. The van der Waals surface area contributed by atoms with E-state index in [0.717, 1.165) is 18.6 Å². The van der Waals surface area contributed by atoms with Crippen LogP contribution in [-0.2, 0) is 25.2 Å². The van der Waals surface area contributed by atoms with E-state index in [1.54, 1.807) is 32.9 Å². The second kappa shape index (κ2) is 14.1. The Hall–Kier alpha value is -2.57. The summed E-state index contributed by atoms with van der Waals surface area (Å²) in [5.74, 6) is -0.411. The standard InChI is InChI=1S/C33H46Cl2N2O4/c1-10-32(6,7)21-14-17-26(23(19-21)33(8,9)11-2)41-18-12-13-27(38)36-22-15-16-24(34)25(20-22)37-30(40)28(35)29(39)31(3,4)5/h14-17,19-20,28H,10-13,18H2,1-9H3,(H,36,38)(H,37,40)/t28-/m0/s1. The zero-order valence-electron chi connectivity index (χ0n) is 26.0. The van der Waals surface area contributed by atoms with Crippen LogP contribution in [0.3, 0.4) is 0 Å². The molecule has 1 atom stereocenters. The van der Waals surface area contributed by atoms with Gasteiger partial charge < -0.3 is 15.4 Å². The number of hydrogen-bond donors (Lipinski definition) is 2. The molecule has 2 aromatic rings. The zero-order valence-corrected chi connectivity index (χ0v) is 27.5. The van der Waals surface area contributed by atoms with E-state index in [0.29, 0.717) is 18.7 Å². The molecule has 0 aromatic heterocycles. The number of ether oxygens (including phenoxy) is 1. The molecule has 226 valence electrons. The summed E-state index contributed by atoms with van der Waals surface area (Å²) in [6, 6.07) is 11.2. The number of alkyl halides is 1. The summed E-state index contributed by atoms with van der Waals surface area (Å²) in [6.07, 6.45) is 2.80. The molecule has 6 nitrogen and oxygen atoms in total. The molecule has 0 aliphatic carbocycles. The van der Waals surface area contributed by atoms with Gasteiger partial charge in [-0.1, -0.05) is 86.0 Å². The van der Waals surface area contributed by atoms with Gasteiger partial charge in [-0.25, -0.2) is 0 Å². The quantitative estimate of drug-likeness (QED) is 0.136. The van der Waals surface area contributed by atoms with E-state index < -0.39 is 22.5 Å². The van der Waals surface area contributed by atoms with Crippen molar-refractivity contribution in [2.45, 2.75) is 104 Å². The maximum atomic E-state index is 12.7. The van der Waals surface area contributed by atoms with E-state index in [9.17, 15) is 14.4 Å². The molecule has 0 radical (unpaired) electrons. The third kappa shape index (κ3) is 9.47. The summed E-state index contributed by atoms with van der Waals surface area (Å²) < 4.78 is 6.19. The van der Waals surface area contributed by atoms with Gasteiger partial charge in [-0.3, -0.25) is 14.4 Å². The number of ketones is 1. The fourth-order valence-corrected chi connectivity index (χ4v) is 4.58. The number of halogens is 2. The third-order valence-corrected chi connectivity index (χ3v) is 8.50. The Morgan fingerprint density at radius 2 is 1.51 bits per heavy atom. The lowest BCUT2D eigenvalue weighted by Crippen LogP contribution is -2.37. The van der Waals surface area contributed by atoms with Gasteiger partial charge in [0.15, 0.2) is 11.2 Å². The Bertz CT molecular complexity index is 1250. The summed E-state index contributed by atoms with van der Waals surface area (Å²) >= 11 is 12.3. The molecular formula is C33H46Cl2N2O4. The van der Waals surface area contributed by atoms with Gasteiger partial charge in [0.05, 0.1) is 17.3 Å². The minimum Gasteiger partial charge on any atom is -0.493 e. The number of amides is 2. The number of carbonyl (C=O) groups is 3. The molecule has 2 rings (SSSR count). The van der Waals surface area contributed by atoms with Gasteiger partial charge in [-0.15, -0.1) is 11.6 Å². The summed E-state index contributed by atoms with van der Waals surface area (Å²) in [4.78, 5) is 37.6. The second-order valence-corrected chi connectivity index (χ2v) is 13.7. The van der Waals surface area contributed by atoms with Crippen LogP contribution in [0.15, 0.2) is 36.4 Å². The molecule has 2 N–H and O–H groups in total. The lowest BCUT2D eigenvalue weighted by molar-refractivity contribution is -0.130. The average molecular weight is 606 g/mol. The van der Waals surface area contributed by atoms with E-state index in [1.165, 1.54) is 17.2 Å². The van der Waals surface area contributed by atoms with E-state index in [4.69, 9.17) is 27.9 Å². The molecule has 2 aromatic carbocycles. The van der Waals surface area contributed by atoms with Crippen molar-refractivity contribution in [2.75, 3.05) is 17.2 Å².